The van der Waals surface area contributed by atoms with Crippen LogP contribution in [0.15, 0.2) is 23.6 Å². The molecule has 0 aliphatic rings. The summed E-state index contributed by atoms with van der Waals surface area (Å²) in [7, 11) is 1.91. The number of hydrogen-bond acceptors (Lipinski definition) is 3. The van der Waals surface area contributed by atoms with Crippen molar-refractivity contribution >= 4 is 34.5 Å². The van der Waals surface area contributed by atoms with Crippen molar-refractivity contribution in [1.29, 1.82) is 0 Å². The highest BCUT2D eigenvalue weighted by Gasteiger charge is 2.17. The molecule has 18 heavy (non-hydrogen) atoms. The lowest BCUT2D eigenvalue weighted by Crippen LogP contribution is -2.19. The maximum atomic E-state index is 6.23. The molecule has 2 nitrogen and oxygen atoms in total. The number of halogens is 2. The van der Waals surface area contributed by atoms with E-state index in [1.54, 1.807) is 11.3 Å². The summed E-state index contributed by atoms with van der Waals surface area (Å²) in [6.45, 7) is 2.00. The summed E-state index contributed by atoms with van der Waals surface area (Å²) in [5, 5.41) is 7.78. The summed E-state index contributed by atoms with van der Waals surface area (Å²) in [6, 6.07) is 5.65. The number of rotatable bonds is 4. The Hall–Kier alpha value is -0.610. The Balaban J connectivity index is 2.28. The molecule has 1 heterocycles. The van der Waals surface area contributed by atoms with Crippen molar-refractivity contribution in [3.8, 4) is 0 Å². The smallest absolute Gasteiger partial charge is 0.0897 e. The predicted octanol–water partition coefficient (Wildman–Crippen LogP) is 4.26. The van der Waals surface area contributed by atoms with Gasteiger partial charge in [-0.2, -0.15) is 0 Å². The van der Waals surface area contributed by atoms with Crippen LogP contribution in [0.5, 0.6) is 0 Å². The van der Waals surface area contributed by atoms with Gasteiger partial charge in [0.05, 0.1) is 10.7 Å². The molecule has 0 amide bonds. The Morgan fingerprint density at radius 2 is 2.00 bits per heavy atom. The average molecular weight is 301 g/mol. The second-order valence-corrected chi connectivity index (χ2v) is 5.92. The first-order chi connectivity index (χ1) is 8.61. The summed E-state index contributed by atoms with van der Waals surface area (Å²) in [4.78, 5) is 4.48. The maximum Gasteiger partial charge on any atom is 0.0897 e. The van der Waals surface area contributed by atoms with E-state index < -0.39 is 0 Å². The first-order valence-electron chi connectivity index (χ1n) is 5.64. The van der Waals surface area contributed by atoms with Crippen LogP contribution in [0.25, 0.3) is 0 Å². The van der Waals surface area contributed by atoms with Crippen LogP contribution >= 0.6 is 34.5 Å². The number of benzene rings is 1. The Kier molecular flexibility index (Phi) is 4.62. The zero-order valence-corrected chi connectivity index (χ0v) is 12.5. The van der Waals surface area contributed by atoms with Crippen LogP contribution in [0.3, 0.4) is 0 Å². The van der Waals surface area contributed by atoms with Crippen molar-refractivity contribution in [3.63, 3.8) is 0 Å². The van der Waals surface area contributed by atoms with E-state index in [2.05, 4.69) is 15.7 Å². The van der Waals surface area contributed by atoms with Gasteiger partial charge in [0.2, 0.25) is 0 Å². The monoisotopic (exact) mass is 300 g/mol. The minimum absolute atomic E-state index is 0.0766. The molecule has 96 valence electrons. The SMILES string of the molecule is CNC(Cc1csc(C)n1)c1c(Cl)cccc1Cl. The first kappa shape index (κ1) is 13.8. The molecule has 1 unspecified atom stereocenters. The second-order valence-electron chi connectivity index (χ2n) is 4.04. The first-order valence-corrected chi connectivity index (χ1v) is 7.27. The van der Waals surface area contributed by atoms with Crippen molar-refractivity contribution in [2.24, 2.45) is 0 Å². The molecular formula is C13H14Cl2N2S. The molecule has 0 aliphatic heterocycles. The molecule has 2 rings (SSSR count). The zero-order valence-electron chi connectivity index (χ0n) is 10.2. The normalized spacial score (nSPS) is 12.7. The number of nitrogens with zero attached hydrogens (tertiary/aromatic N) is 1. The molecule has 1 N–H and O–H groups in total. The molecule has 1 aromatic heterocycles. The van der Waals surface area contributed by atoms with Crippen molar-refractivity contribution in [2.45, 2.75) is 19.4 Å². The summed E-state index contributed by atoms with van der Waals surface area (Å²) in [5.41, 5.74) is 2.00. The Labute approximate surface area is 121 Å². The van der Waals surface area contributed by atoms with E-state index in [9.17, 15) is 0 Å². The predicted molar refractivity (Wildman–Crippen MR) is 78.8 cm³/mol. The van der Waals surface area contributed by atoms with Gasteiger partial charge in [-0.25, -0.2) is 4.98 Å². The Morgan fingerprint density at radius 1 is 1.33 bits per heavy atom. The topological polar surface area (TPSA) is 24.9 Å². The van der Waals surface area contributed by atoms with Crippen LogP contribution in [0.2, 0.25) is 10.0 Å². The molecule has 0 bridgehead atoms. The molecule has 1 aromatic carbocycles. The third-order valence-corrected chi connectivity index (χ3v) is 4.26. The van der Waals surface area contributed by atoms with E-state index in [0.717, 1.165) is 22.7 Å². The van der Waals surface area contributed by atoms with Crippen LogP contribution in [0.1, 0.15) is 22.3 Å². The highest BCUT2D eigenvalue weighted by molar-refractivity contribution is 7.09. The van der Waals surface area contributed by atoms with Crippen LogP contribution in [0.4, 0.5) is 0 Å². The van der Waals surface area contributed by atoms with E-state index in [4.69, 9.17) is 23.2 Å². The highest BCUT2D eigenvalue weighted by atomic mass is 35.5. The molecule has 0 saturated heterocycles. The number of likely N-dealkylation sites (N-methyl/N-ethyl adjacent to an activating group) is 1. The lowest BCUT2D eigenvalue weighted by atomic mass is 10.0. The van der Waals surface area contributed by atoms with Crippen molar-refractivity contribution in [2.75, 3.05) is 7.05 Å². The average Bonchev–Trinajstić information content (AvgIpc) is 2.73. The number of thiazole rings is 1. The van der Waals surface area contributed by atoms with Gasteiger partial charge in [-0.05, 0) is 26.1 Å². The zero-order chi connectivity index (χ0) is 13.1. The van der Waals surface area contributed by atoms with Gasteiger partial charge in [0, 0.05) is 33.5 Å². The summed E-state index contributed by atoms with van der Waals surface area (Å²) < 4.78 is 0. The third kappa shape index (κ3) is 3.04. The molecule has 0 saturated carbocycles. The molecule has 0 radical (unpaired) electrons. The van der Waals surface area contributed by atoms with Gasteiger partial charge < -0.3 is 5.32 Å². The third-order valence-electron chi connectivity index (χ3n) is 2.78. The largest absolute Gasteiger partial charge is 0.313 e. The van der Waals surface area contributed by atoms with Gasteiger partial charge in [0.15, 0.2) is 0 Å². The van der Waals surface area contributed by atoms with Gasteiger partial charge in [0.25, 0.3) is 0 Å². The van der Waals surface area contributed by atoms with E-state index in [-0.39, 0.29) is 6.04 Å². The quantitative estimate of drug-likeness (QED) is 0.912. The van der Waals surface area contributed by atoms with Crippen molar-refractivity contribution in [3.05, 3.63) is 49.9 Å². The highest BCUT2D eigenvalue weighted by Crippen LogP contribution is 2.32. The second kappa shape index (κ2) is 6.02. The standard InChI is InChI=1S/C13H14Cl2N2S/c1-8-17-9(7-18-8)6-12(16-2)13-10(14)4-3-5-11(13)15/h3-5,7,12,16H,6H2,1-2H3. The molecule has 0 spiro atoms. The van der Waals surface area contributed by atoms with Gasteiger partial charge in [-0.15, -0.1) is 11.3 Å². The summed E-state index contributed by atoms with van der Waals surface area (Å²) >= 11 is 14.1. The van der Waals surface area contributed by atoms with Gasteiger partial charge in [-0.3, -0.25) is 0 Å². The lowest BCUT2D eigenvalue weighted by Gasteiger charge is -2.18. The van der Waals surface area contributed by atoms with E-state index in [0.29, 0.717) is 10.0 Å². The minimum Gasteiger partial charge on any atom is -0.313 e. The summed E-state index contributed by atoms with van der Waals surface area (Å²) in [6.07, 6.45) is 0.782. The van der Waals surface area contributed by atoms with Gasteiger partial charge in [-0.1, -0.05) is 29.3 Å². The van der Waals surface area contributed by atoms with E-state index >= 15 is 0 Å². The number of hydrogen-bond donors (Lipinski definition) is 1. The molecule has 0 fully saturated rings. The number of aromatic nitrogens is 1. The van der Waals surface area contributed by atoms with Crippen LogP contribution in [0, 0.1) is 6.92 Å². The minimum atomic E-state index is 0.0766. The maximum absolute atomic E-state index is 6.23. The molecule has 1 atom stereocenters. The number of aryl methyl sites for hydroxylation is 1. The Morgan fingerprint density at radius 3 is 2.50 bits per heavy atom. The Bertz CT molecular complexity index is 519. The number of nitrogens with one attached hydrogen (secondary N) is 1. The summed E-state index contributed by atoms with van der Waals surface area (Å²) in [5.74, 6) is 0. The van der Waals surface area contributed by atoms with E-state index in [1.807, 2.05) is 32.2 Å². The van der Waals surface area contributed by atoms with Crippen molar-refractivity contribution in [1.82, 2.24) is 10.3 Å². The lowest BCUT2D eigenvalue weighted by molar-refractivity contribution is 0.586. The van der Waals surface area contributed by atoms with Crippen molar-refractivity contribution < 1.29 is 0 Å². The van der Waals surface area contributed by atoms with Crippen LogP contribution in [-0.4, -0.2) is 12.0 Å². The molecule has 2 aromatic rings. The fraction of sp³-hybridized carbons (Fsp3) is 0.308. The fourth-order valence-corrected chi connectivity index (χ4v) is 3.19. The molecule has 0 aliphatic carbocycles. The molecular weight excluding hydrogens is 287 g/mol. The molecule has 5 heteroatoms. The van der Waals surface area contributed by atoms with Crippen LogP contribution in [-0.2, 0) is 6.42 Å². The van der Waals surface area contributed by atoms with Gasteiger partial charge in [0.1, 0.15) is 0 Å². The van der Waals surface area contributed by atoms with Gasteiger partial charge >= 0.3 is 0 Å². The van der Waals surface area contributed by atoms with E-state index in [1.165, 1.54) is 0 Å². The fourth-order valence-electron chi connectivity index (χ4n) is 1.90. The van der Waals surface area contributed by atoms with Crippen LogP contribution < -0.4 is 5.32 Å².